The summed E-state index contributed by atoms with van der Waals surface area (Å²) in [4.78, 5) is 30.8. The molecule has 0 saturated carbocycles. The Morgan fingerprint density at radius 3 is 2.31 bits per heavy atom. The number of methoxy groups -OCH3 is 2. The number of benzene rings is 3. The molecule has 0 aliphatic heterocycles. The lowest BCUT2D eigenvalue weighted by Crippen LogP contribution is -2.29. The first-order valence-electron chi connectivity index (χ1n) is 12.9. The van der Waals surface area contributed by atoms with Gasteiger partial charge in [-0.2, -0.15) is 5.10 Å². The van der Waals surface area contributed by atoms with Gasteiger partial charge in [-0.3, -0.25) is 19.3 Å². The average molecular weight is 573 g/mol. The summed E-state index contributed by atoms with van der Waals surface area (Å²) in [5.41, 5.74) is 0.837. The van der Waals surface area contributed by atoms with Crippen molar-refractivity contribution in [2.45, 2.75) is 20.4 Å². The van der Waals surface area contributed by atoms with Crippen LogP contribution in [0.3, 0.4) is 0 Å². The summed E-state index contributed by atoms with van der Waals surface area (Å²) >= 11 is 0. The number of nitrogens with one attached hydrogen (secondary N) is 1. The molecule has 214 valence electrons. The van der Waals surface area contributed by atoms with Crippen LogP contribution >= 0.6 is 0 Å². The lowest BCUT2D eigenvalue weighted by Gasteiger charge is -2.15. The van der Waals surface area contributed by atoms with Crippen molar-refractivity contribution in [2.75, 3.05) is 19.5 Å². The molecule has 0 saturated heterocycles. The van der Waals surface area contributed by atoms with Crippen molar-refractivity contribution in [3.8, 4) is 34.1 Å². The van der Waals surface area contributed by atoms with Gasteiger partial charge in [0.15, 0.2) is 28.8 Å². The molecule has 2 heterocycles. The second kappa shape index (κ2) is 11.7. The number of aromatic nitrogens is 3. The van der Waals surface area contributed by atoms with Crippen molar-refractivity contribution in [2.24, 2.45) is 0 Å². The normalized spacial score (nSPS) is 10.9. The van der Waals surface area contributed by atoms with Gasteiger partial charge >= 0.3 is 0 Å². The van der Waals surface area contributed by atoms with Crippen LogP contribution in [0.1, 0.15) is 23.1 Å². The van der Waals surface area contributed by atoms with Crippen LogP contribution in [0.5, 0.6) is 23.0 Å². The largest absolute Gasteiger partial charge is 0.493 e. The highest BCUT2D eigenvalue weighted by Gasteiger charge is 2.22. The van der Waals surface area contributed by atoms with E-state index in [0.29, 0.717) is 46.0 Å². The van der Waals surface area contributed by atoms with Crippen molar-refractivity contribution in [1.82, 2.24) is 14.8 Å². The fraction of sp³-hybridized carbons (Fsp3) is 0.161. The summed E-state index contributed by atoms with van der Waals surface area (Å²) in [6.45, 7) is 3.89. The highest BCUT2D eigenvalue weighted by Crippen LogP contribution is 2.37. The smallest absolute Gasteiger partial charge is 0.280 e. The Balaban J connectivity index is 1.43. The molecule has 11 heteroatoms. The van der Waals surface area contributed by atoms with E-state index in [2.05, 4.69) is 15.4 Å². The number of aryl methyl sites for hydroxylation is 1. The van der Waals surface area contributed by atoms with Gasteiger partial charge in [0.1, 0.15) is 11.6 Å². The van der Waals surface area contributed by atoms with Crippen molar-refractivity contribution in [3.05, 3.63) is 100 Å². The summed E-state index contributed by atoms with van der Waals surface area (Å²) in [5, 5.41) is 7.32. The summed E-state index contributed by atoms with van der Waals surface area (Å²) in [7, 11) is 3.01. The third-order valence-electron chi connectivity index (χ3n) is 6.68. The predicted molar refractivity (Wildman–Crippen MR) is 154 cm³/mol. The first-order chi connectivity index (χ1) is 20.2. The van der Waals surface area contributed by atoms with Crippen LogP contribution in [0.25, 0.3) is 22.0 Å². The van der Waals surface area contributed by atoms with Crippen molar-refractivity contribution < 1.29 is 27.8 Å². The number of ether oxygens (including phenoxy) is 3. The van der Waals surface area contributed by atoms with E-state index >= 15 is 4.39 Å². The molecule has 0 radical (unpaired) electrons. The second-order valence-corrected chi connectivity index (χ2v) is 9.20. The van der Waals surface area contributed by atoms with Crippen molar-refractivity contribution in [3.63, 3.8) is 0 Å². The number of hydrogen-bond acceptors (Lipinski definition) is 7. The van der Waals surface area contributed by atoms with Gasteiger partial charge in [-0.05, 0) is 55.8 Å². The van der Waals surface area contributed by atoms with Crippen molar-refractivity contribution in [1.29, 1.82) is 0 Å². The maximum Gasteiger partial charge on any atom is 0.280 e. The summed E-state index contributed by atoms with van der Waals surface area (Å²) in [6, 6.07) is 14.2. The number of carbonyl (C=O) groups is 1. The van der Waals surface area contributed by atoms with Gasteiger partial charge in [-0.15, -0.1) is 0 Å². The van der Waals surface area contributed by atoms with Gasteiger partial charge in [0.25, 0.3) is 5.91 Å². The molecule has 1 N–H and O–H groups in total. The maximum atomic E-state index is 15.2. The number of anilines is 1. The van der Waals surface area contributed by atoms with Crippen LogP contribution in [0.4, 0.5) is 14.5 Å². The topological polar surface area (TPSA) is 105 Å². The Kier molecular flexibility index (Phi) is 7.83. The lowest BCUT2D eigenvalue weighted by atomic mass is 10.0. The van der Waals surface area contributed by atoms with E-state index in [-0.39, 0.29) is 22.7 Å². The van der Waals surface area contributed by atoms with Crippen LogP contribution in [0, 0.1) is 18.6 Å². The van der Waals surface area contributed by atoms with E-state index in [4.69, 9.17) is 14.2 Å². The molecule has 0 aliphatic carbocycles. The summed E-state index contributed by atoms with van der Waals surface area (Å²) < 4.78 is 46.7. The molecule has 0 aliphatic rings. The molecular weight excluding hydrogens is 546 g/mol. The van der Waals surface area contributed by atoms with E-state index in [9.17, 15) is 14.0 Å². The molecule has 3 aromatic carbocycles. The molecule has 2 aromatic heterocycles. The maximum absolute atomic E-state index is 15.2. The van der Waals surface area contributed by atoms with Gasteiger partial charge in [0.05, 0.1) is 25.3 Å². The second-order valence-electron chi connectivity index (χ2n) is 9.20. The zero-order valence-electron chi connectivity index (χ0n) is 23.2. The van der Waals surface area contributed by atoms with Gasteiger partial charge in [0, 0.05) is 41.6 Å². The number of hydrogen-bond donors (Lipinski definition) is 1. The first-order valence-corrected chi connectivity index (χ1v) is 12.9. The van der Waals surface area contributed by atoms with Crippen LogP contribution in [0.2, 0.25) is 0 Å². The molecule has 0 spiro atoms. The van der Waals surface area contributed by atoms with Crippen LogP contribution in [0.15, 0.2) is 71.7 Å². The van der Waals surface area contributed by atoms with E-state index < -0.39 is 23.0 Å². The van der Waals surface area contributed by atoms with Gasteiger partial charge in [0.2, 0.25) is 5.43 Å². The van der Waals surface area contributed by atoms with Crippen molar-refractivity contribution >= 4 is 22.5 Å². The summed E-state index contributed by atoms with van der Waals surface area (Å²) in [5.74, 6) is -0.862. The minimum Gasteiger partial charge on any atom is -0.493 e. The Bertz CT molecular complexity index is 1870. The van der Waals surface area contributed by atoms with Crippen LogP contribution in [-0.4, -0.2) is 34.9 Å². The zero-order valence-corrected chi connectivity index (χ0v) is 23.2. The fourth-order valence-corrected chi connectivity index (χ4v) is 4.57. The molecule has 0 atom stereocenters. The molecular formula is C31H26F2N4O5. The number of halogens is 2. The average Bonchev–Trinajstić information content (AvgIpc) is 2.99. The Labute approximate surface area is 239 Å². The molecule has 5 aromatic rings. The Morgan fingerprint density at radius 2 is 1.64 bits per heavy atom. The van der Waals surface area contributed by atoms with Gasteiger partial charge < -0.3 is 19.5 Å². The monoisotopic (exact) mass is 572 g/mol. The van der Waals surface area contributed by atoms with Gasteiger partial charge in [-0.25, -0.2) is 8.78 Å². The Hall–Kier alpha value is -5.32. The molecule has 5 rings (SSSR count). The first kappa shape index (κ1) is 28.2. The highest BCUT2D eigenvalue weighted by atomic mass is 19.1. The lowest BCUT2D eigenvalue weighted by molar-refractivity contribution is 0.101. The fourth-order valence-electron chi connectivity index (χ4n) is 4.57. The minimum absolute atomic E-state index is 0.0870. The van der Waals surface area contributed by atoms with Crippen LogP contribution in [-0.2, 0) is 6.54 Å². The number of rotatable bonds is 8. The number of fused-ring (bicyclic) bond motifs is 1. The van der Waals surface area contributed by atoms with E-state index in [1.165, 1.54) is 61.5 Å². The number of amides is 1. The van der Waals surface area contributed by atoms with E-state index in [1.54, 1.807) is 25.1 Å². The third-order valence-corrected chi connectivity index (χ3v) is 6.68. The molecule has 0 unspecified atom stereocenters. The summed E-state index contributed by atoms with van der Waals surface area (Å²) in [6.07, 6.45) is 1.52. The third kappa shape index (κ3) is 5.36. The molecule has 1 amide bonds. The number of pyridine rings is 1. The standard InChI is InChI=1S/C31H26F2N4O5/c1-5-37-17(2)28(18-6-8-19(32)9-7-18)30(38)29(36-37)31(39)35-20-10-11-25(22(33)14-20)42-24-12-13-34-23-16-27(41-4)26(40-3)15-21(23)24/h6-16H,5H2,1-4H3,(H,35,39). The SMILES string of the molecule is CCn1nc(C(=O)Nc2ccc(Oc3ccnc4cc(OC)c(OC)cc34)c(F)c2)c(=O)c(-c2ccc(F)cc2)c1C. The molecule has 0 bridgehead atoms. The number of nitrogens with zero attached hydrogens (tertiary/aromatic N) is 3. The minimum atomic E-state index is -0.820. The zero-order chi connectivity index (χ0) is 30.0. The number of carbonyl (C=O) groups excluding carboxylic acids is 1. The van der Waals surface area contributed by atoms with Crippen LogP contribution < -0.4 is 25.0 Å². The highest BCUT2D eigenvalue weighted by molar-refractivity contribution is 6.03. The van der Waals surface area contributed by atoms with E-state index in [0.717, 1.165) is 6.07 Å². The predicted octanol–water partition coefficient (Wildman–Crippen LogP) is 6.13. The molecule has 42 heavy (non-hydrogen) atoms. The molecule has 9 nitrogen and oxygen atoms in total. The van der Waals surface area contributed by atoms with E-state index in [1.807, 2.05) is 6.92 Å². The quantitative estimate of drug-likeness (QED) is 0.239. The van der Waals surface area contributed by atoms with Gasteiger partial charge in [-0.1, -0.05) is 12.1 Å². The molecule has 0 fully saturated rings. The Morgan fingerprint density at radius 1 is 0.929 bits per heavy atom.